The molecule has 24 heavy (non-hydrogen) atoms. The number of fused-ring (bicyclic) bond motifs is 6. The van der Waals surface area contributed by atoms with Crippen LogP contribution in [0.15, 0.2) is 23.8 Å². The van der Waals surface area contributed by atoms with Crippen LogP contribution in [0.5, 0.6) is 0 Å². The van der Waals surface area contributed by atoms with Gasteiger partial charge in [0.05, 0.1) is 13.2 Å². The minimum absolute atomic E-state index is 0.0886. The van der Waals surface area contributed by atoms with Crippen LogP contribution in [-0.2, 0) is 14.3 Å². The molecule has 1 spiro atoms. The lowest BCUT2D eigenvalue weighted by atomic mass is 9.48. The summed E-state index contributed by atoms with van der Waals surface area (Å²) < 4.78 is 12.4. The molecule has 3 heteroatoms. The normalized spacial score (nSPS) is 48.8. The Bertz CT molecular complexity index is 641. The maximum atomic E-state index is 11.8. The van der Waals surface area contributed by atoms with Crippen LogP contribution in [0.4, 0.5) is 0 Å². The first-order valence-corrected chi connectivity index (χ1v) is 9.71. The summed E-state index contributed by atoms with van der Waals surface area (Å²) in [6.07, 6.45) is 12.9. The van der Waals surface area contributed by atoms with E-state index in [9.17, 15) is 4.79 Å². The van der Waals surface area contributed by atoms with E-state index < -0.39 is 0 Å². The lowest BCUT2D eigenvalue weighted by Gasteiger charge is -2.57. The summed E-state index contributed by atoms with van der Waals surface area (Å²) in [4.78, 5) is 11.8. The Kier molecular flexibility index (Phi) is 3.08. The Morgan fingerprint density at radius 2 is 1.79 bits per heavy atom. The fraction of sp³-hybridized carbons (Fsp3) is 0.762. The van der Waals surface area contributed by atoms with Crippen LogP contribution in [-0.4, -0.2) is 24.8 Å². The number of ketones is 1. The number of ether oxygens (including phenoxy) is 2. The van der Waals surface area contributed by atoms with E-state index in [2.05, 4.69) is 19.9 Å². The molecular formula is C21H28O3. The van der Waals surface area contributed by atoms with Gasteiger partial charge in [-0.1, -0.05) is 25.5 Å². The van der Waals surface area contributed by atoms with Gasteiger partial charge in [0.25, 0.3) is 0 Å². The van der Waals surface area contributed by atoms with Crippen molar-refractivity contribution in [2.75, 3.05) is 13.2 Å². The predicted octanol–water partition coefficient (Wildman–Crippen LogP) is 4.04. The molecule has 0 amide bonds. The van der Waals surface area contributed by atoms with Crippen molar-refractivity contribution in [2.45, 2.75) is 58.2 Å². The average molecular weight is 328 g/mol. The monoisotopic (exact) mass is 328 g/mol. The molecule has 5 aliphatic rings. The highest BCUT2D eigenvalue weighted by Crippen LogP contribution is 2.68. The van der Waals surface area contributed by atoms with Crippen molar-refractivity contribution in [3.05, 3.63) is 23.8 Å². The van der Waals surface area contributed by atoms with E-state index >= 15 is 0 Å². The van der Waals surface area contributed by atoms with Gasteiger partial charge in [0, 0.05) is 17.3 Å². The van der Waals surface area contributed by atoms with Crippen molar-refractivity contribution in [1.82, 2.24) is 0 Å². The molecule has 3 saturated carbocycles. The Hall–Kier alpha value is -0.930. The van der Waals surface area contributed by atoms with E-state index in [4.69, 9.17) is 9.47 Å². The number of hydrogen-bond acceptors (Lipinski definition) is 3. The largest absolute Gasteiger partial charge is 0.347 e. The van der Waals surface area contributed by atoms with Gasteiger partial charge in [-0.05, 0) is 62.0 Å². The summed E-state index contributed by atoms with van der Waals surface area (Å²) in [5.74, 6) is 1.96. The molecule has 0 aromatic heterocycles. The molecular weight excluding hydrogens is 300 g/mol. The second-order valence-corrected chi connectivity index (χ2v) is 9.05. The maximum absolute atomic E-state index is 11.8. The molecule has 0 radical (unpaired) electrons. The van der Waals surface area contributed by atoms with Gasteiger partial charge in [0.1, 0.15) is 0 Å². The third-order valence-corrected chi connectivity index (χ3v) is 8.35. The Balaban J connectivity index is 1.51. The van der Waals surface area contributed by atoms with Crippen LogP contribution in [0.1, 0.15) is 52.4 Å². The molecule has 5 atom stereocenters. The van der Waals surface area contributed by atoms with Crippen molar-refractivity contribution in [1.29, 1.82) is 0 Å². The van der Waals surface area contributed by atoms with E-state index in [0.29, 0.717) is 11.8 Å². The van der Waals surface area contributed by atoms with Crippen molar-refractivity contribution >= 4 is 5.78 Å². The number of carbonyl (C=O) groups is 1. The summed E-state index contributed by atoms with van der Waals surface area (Å²) >= 11 is 0. The lowest BCUT2D eigenvalue weighted by Crippen LogP contribution is -2.54. The molecule has 0 aromatic rings. The van der Waals surface area contributed by atoms with E-state index in [-0.39, 0.29) is 22.4 Å². The van der Waals surface area contributed by atoms with Crippen LogP contribution in [0.25, 0.3) is 0 Å². The van der Waals surface area contributed by atoms with Crippen molar-refractivity contribution in [2.24, 2.45) is 28.6 Å². The topological polar surface area (TPSA) is 35.5 Å². The Morgan fingerprint density at radius 1 is 1.04 bits per heavy atom. The fourth-order valence-corrected chi connectivity index (χ4v) is 7.08. The summed E-state index contributed by atoms with van der Waals surface area (Å²) in [5, 5.41) is 0. The molecule has 4 fully saturated rings. The van der Waals surface area contributed by atoms with Crippen LogP contribution >= 0.6 is 0 Å². The zero-order valence-electron chi connectivity index (χ0n) is 14.8. The summed E-state index contributed by atoms with van der Waals surface area (Å²) in [7, 11) is 0. The van der Waals surface area contributed by atoms with E-state index in [0.717, 1.165) is 32.0 Å². The molecule has 0 bridgehead atoms. The first kappa shape index (κ1) is 15.3. The first-order valence-electron chi connectivity index (χ1n) is 9.71. The number of allylic oxidation sites excluding steroid dienone is 4. The highest BCUT2D eigenvalue weighted by Gasteiger charge is 2.66. The van der Waals surface area contributed by atoms with Crippen molar-refractivity contribution in [3.8, 4) is 0 Å². The molecule has 130 valence electrons. The van der Waals surface area contributed by atoms with Crippen LogP contribution in [0.2, 0.25) is 0 Å². The maximum Gasteiger partial charge on any atom is 0.178 e. The standard InChI is InChI=1S/C21H28O3/c1-19-8-5-15(22)13-14(19)3-4-16-17(19)6-9-20(2)18(16)7-10-21(20)23-11-12-24-21/h5,8,13,16-18H,3-4,6-7,9-12H2,1-2H3/t16-,17-,18+,19+,20-/m1/s1. The zero-order chi connectivity index (χ0) is 16.6. The second kappa shape index (κ2) is 4.82. The number of rotatable bonds is 0. The van der Waals surface area contributed by atoms with Crippen molar-refractivity contribution in [3.63, 3.8) is 0 Å². The molecule has 0 unspecified atom stereocenters. The SMILES string of the molecule is C[C@]12C=CC(=O)C=C1CC[C@@H]1[C@H]2CC[C@]2(C)[C@H]1CCC21OCCO1. The first-order chi connectivity index (χ1) is 11.5. The lowest BCUT2D eigenvalue weighted by molar-refractivity contribution is -0.241. The van der Waals surface area contributed by atoms with Crippen LogP contribution in [0.3, 0.4) is 0 Å². The highest BCUT2D eigenvalue weighted by molar-refractivity contribution is 6.01. The third kappa shape index (κ3) is 1.73. The summed E-state index contributed by atoms with van der Waals surface area (Å²) in [6, 6.07) is 0. The minimum Gasteiger partial charge on any atom is -0.347 e. The van der Waals surface area contributed by atoms with Crippen LogP contribution < -0.4 is 0 Å². The zero-order valence-corrected chi connectivity index (χ0v) is 14.8. The highest BCUT2D eigenvalue weighted by atomic mass is 16.7. The number of carbonyl (C=O) groups excluding carboxylic acids is 1. The second-order valence-electron chi connectivity index (χ2n) is 9.05. The predicted molar refractivity (Wildman–Crippen MR) is 91.3 cm³/mol. The van der Waals surface area contributed by atoms with Gasteiger partial charge in [0.2, 0.25) is 0 Å². The molecule has 5 rings (SSSR count). The quantitative estimate of drug-likeness (QED) is 0.673. The smallest absolute Gasteiger partial charge is 0.178 e. The van der Waals surface area contributed by atoms with Crippen LogP contribution in [0, 0.1) is 28.6 Å². The van der Waals surface area contributed by atoms with Crippen molar-refractivity contribution < 1.29 is 14.3 Å². The Morgan fingerprint density at radius 3 is 2.58 bits per heavy atom. The van der Waals surface area contributed by atoms with Gasteiger partial charge in [-0.3, -0.25) is 4.79 Å². The average Bonchev–Trinajstić information content (AvgIpc) is 3.15. The van der Waals surface area contributed by atoms with Gasteiger partial charge >= 0.3 is 0 Å². The van der Waals surface area contributed by atoms with Gasteiger partial charge in [-0.2, -0.15) is 0 Å². The van der Waals surface area contributed by atoms with E-state index in [1.54, 1.807) is 6.08 Å². The van der Waals surface area contributed by atoms with Gasteiger partial charge in [-0.15, -0.1) is 0 Å². The van der Waals surface area contributed by atoms with E-state index in [1.807, 2.05) is 6.08 Å². The summed E-state index contributed by atoms with van der Waals surface area (Å²) in [5.41, 5.74) is 1.63. The molecule has 1 heterocycles. The fourth-order valence-electron chi connectivity index (χ4n) is 7.08. The molecule has 4 aliphatic carbocycles. The minimum atomic E-state index is -0.308. The Labute approximate surface area is 144 Å². The molecule has 0 aromatic carbocycles. The van der Waals surface area contributed by atoms with Gasteiger partial charge in [-0.25, -0.2) is 0 Å². The third-order valence-electron chi connectivity index (χ3n) is 8.35. The van der Waals surface area contributed by atoms with E-state index in [1.165, 1.54) is 31.3 Å². The van der Waals surface area contributed by atoms with Gasteiger partial charge in [0.15, 0.2) is 11.6 Å². The molecule has 1 aliphatic heterocycles. The van der Waals surface area contributed by atoms with Gasteiger partial charge < -0.3 is 9.47 Å². The summed E-state index contributed by atoms with van der Waals surface area (Å²) in [6.45, 7) is 6.31. The number of hydrogen-bond donors (Lipinski definition) is 0. The molecule has 1 saturated heterocycles. The molecule has 3 nitrogen and oxygen atoms in total. The molecule has 0 N–H and O–H groups in total.